The maximum atomic E-state index is 2.39. The van der Waals surface area contributed by atoms with E-state index in [0.717, 1.165) is 8.19 Å². The van der Waals surface area contributed by atoms with Crippen molar-refractivity contribution in [3.8, 4) is 0 Å². The number of fused-ring (bicyclic) bond motifs is 3. The largest absolute Gasteiger partial charge is 0.123 e. The molecule has 16 heavy (non-hydrogen) atoms. The van der Waals surface area contributed by atoms with Gasteiger partial charge >= 0.3 is 0 Å². The van der Waals surface area contributed by atoms with Crippen molar-refractivity contribution < 1.29 is 0 Å². The first-order chi connectivity index (χ1) is 7.75. The van der Waals surface area contributed by atoms with Gasteiger partial charge in [0.2, 0.25) is 0 Å². The highest BCUT2D eigenvalue weighted by molar-refractivity contribution is 7.43. The van der Waals surface area contributed by atoms with Crippen molar-refractivity contribution in [2.45, 2.75) is 19.8 Å². The molecule has 3 aromatic rings. The molecule has 0 spiro atoms. The molecule has 0 amide bonds. The van der Waals surface area contributed by atoms with Crippen LogP contribution in [0.25, 0.3) is 21.0 Å². The van der Waals surface area contributed by atoms with Crippen LogP contribution in [0.2, 0.25) is 0 Å². The van der Waals surface area contributed by atoms with Crippen LogP contribution in [0.1, 0.15) is 25.3 Å². The third kappa shape index (κ3) is 1.45. The van der Waals surface area contributed by atoms with Gasteiger partial charge in [0, 0.05) is 0 Å². The highest BCUT2D eigenvalue weighted by Gasteiger charge is 2.05. The Morgan fingerprint density at radius 2 is 1.62 bits per heavy atom. The molecular formula is C15H15P. The molecule has 0 aliphatic carbocycles. The highest BCUT2D eigenvalue weighted by atomic mass is 31.0. The van der Waals surface area contributed by atoms with Crippen molar-refractivity contribution >= 4 is 29.2 Å². The SMILES string of the molecule is CC(C)c1ccc2c(c1)[pH]c1ccccc12. The molecule has 1 heterocycles. The Balaban J connectivity index is 2.37. The molecule has 0 aliphatic heterocycles. The molecule has 0 saturated heterocycles. The van der Waals surface area contributed by atoms with Gasteiger partial charge in [0.05, 0.1) is 0 Å². The number of hydrogen-bond acceptors (Lipinski definition) is 0. The van der Waals surface area contributed by atoms with Gasteiger partial charge in [0.1, 0.15) is 0 Å². The van der Waals surface area contributed by atoms with Gasteiger partial charge in [-0.15, -0.1) is 8.19 Å². The zero-order valence-electron chi connectivity index (χ0n) is 9.62. The van der Waals surface area contributed by atoms with E-state index in [1.165, 1.54) is 26.6 Å². The van der Waals surface area contributed by atoms with Crippen LogP contribution in [0.15, 0.2) is 42.5 Å². The van der Waals surface area contributed by atoms with Crippen LogP contribution in [0.3, 0.4) is 0 Å². The van der Waals surface area contributed by atoms with Crippen molar-refractivity contribution in [1.29, 1.82) is 0 Å². The third-order valence-corrected chi connectivity index (χ3v) is 4.59. The second-order valence-corrected chi connectivity index (χ2v) is 5.96. The molecule has 0 aliphatic rings. The average molecular weight is 226 g/mol. The molecule has 1 atom stereocenters. The molecule has 2 aromatic carbocycles. The van der Waals surface area contributed by atoms with E-state index in [9.17, 15) is 0 Å². The molecule has 0 fully saturated rings. The van der Waals surface area contributed by atoms with E-state index in [-0.39, 0.29) is 0 Å². The van der Waals surface area contributed by atoms with Crippen LogP contribution in [0.5, 0.6) is 0 Å². The van der Waals surface area contributed by atoms with Gasteiger partial charge in [-0.05, 0) is 38.6 Å². The minimum atomic E-state index is 0.624. The Morgan fingerprint density at radius 1 is 0.875 bits per heavy atom. The summed E-state index contributed by atoms with van der Waals surface area (Å²) in [4.78, 5) is 0. The number of hydrogen-bond donors (Lipinski definition) is 0. The summed E-state index contributed by atoms with van der Waals surface area (Å²) < 4.78 is 0. The lowest BCUT2D eigenvalue weighted by atomic mass is 10.0. The molecule has 0 nitrogen and oxygen atoms in total. The van der Waals surface area contributed by atoms with Crippen LogP contribution in [0.4, 0.5) is 0 Å². The predicted molar refractivity (Wildman–Crippen MR) is 75.0 cm³/mol. The summed E-state index contributed by atoms with van der Waals surface area (Å²) in [6, 6.07) is 15.7. The van der Waals surface area contributed by atoms with Crippen LogP contribution < -0.4 is 0 Å². The molecule has 0 radical (unpaired) electrons. The van der Waals surface area contributed by atoms with E-state index >= 15 is 0 Å². The van der Waals surface area contributed by atoms with E-state index in [0.29, 0.717) is 5.92 Å². The van der Waals surface area contributed by atoms with E-state index in [4.69, 9.17) is 0 Å². The van der Waals surface area contributed by atoms with Crippen LogP contribution in [-0.2, 0) is 0 Å². The van der Waals surface area contributed by atoms with Crippen molar-refractivity contribution in [1.82, 2.24) is 0 Å². The lowest BCUT2D eigenvalue weighted by molar-refractivity contribution is 0.869. The highest BCUT2D eigenvalue weighted by Crippen LogP contribution is 2.38. The lowest BCUT2D eigenvalue weighted by Crippen LogP contribution is -1.84. The van der Waals surface area contributed by atoms with Crippen LogP contribution in [0, 0.1) is 0 Å². The Morgan fingerprint density at radius 3 is 2.44 bits per heavy atom. The van der Waals surface area contributed by atoms with Crippen LogP contribution >= 0.6 is 8.19 Å². The molecule has 3 rings (SSSR count). The molecule has 1 unspecified atom stereocenters. The second kappa shape index (κ2) is 3.64. The minimum Gasteiger partial charge on any atom is -0.123 e. The van der Waals surface area contributed by atoms with Crippen molar-refractivity contribution in [2.75, 3.05) is 0 Å². The first-order valence-electron chi connectivity index (χ1n) is 5.76. The molecule has 1 aromatic heterocycles. The normalized spacial score (nSPS) is 12.2. The summed E-state index contributed by atoms with van der Waals surface area (Å²) in [5.74, 6) is 0.624. The Bertz CT molecular complexity index is 647. The van der Waals surface area contributed by atoms with Gasteiger partial charge in [0.25, 0.3) is 0 Å². The fraction of sp³-hybridized carbons (Fsp3) is 0.200. The summed E-state index contributed by atoms with van der Waals surface area (Å²) in [6.07, 6.45) is 0. The van der Waals surface area contributed by atoms with Gasteiger partial charge in [-0.2, -0.15) is 0 Å². The molecule has 0 bridgehead atoms. The van der Waals surface area contributed by atoms with E-state index in [1.54, 1.807) is 0 Å². The Hall–Kier alpha value is -1.26. The Labute approximate surface area is 97.4 Å². The van der Waals surface area contributed by atoms with Gasteiger partial charge in [-0.1, -0.05) is 50.2 Å². The number of benzene rings is 2. The van der Waals surface area contributed by atoms with E-state index in [2.05, 4.69) is 56.3 Å². The van der Waals surface area contributed by atoms with E-state index < -0.39 is 0 Å². The minimum absolute atomic E-state index is 0.624. The maximum absolute atomic E-state index is 2.39. The lowest BCUT2D eigenvalue weighted by Gasteiger charge is -2.04. The first-order valence-corrected chi connectivity index (χ1v) is 6.76. The van der Waals surface area contributed by atoms with Gasteiger partial charge in [0.15, 0.2) is 0 Å². The zero-order chi connectivity index (χ0) is 11.1. The second-order valence-electron chi connectivity index (χ2n) is 4.63. The van der Waals surface area contributed by atoms with Crippen molar-refractivity contribution in [2.24, 2.45) is 0 Å². The fourth-order valence-electron chi connectivity index (χ4n) is 2.23. The zero-order valence-corrected chi connectivity index (χ0v) is 10.6. The number of rotatable bonds is 1. The first kappa shape index (κ1) is 9.93. The van der Waals surface area contributed by atoms with Crippen molar-refractivity contribution in [3.63, 3.8) is 0 Å². The van der Waals surface area contributed by atoms with E-state index in [1.807, 2.05) is 0 Å². The summed E-state index contributed by atoms with van der Waals surface area (Å²) in [5.41, 5.74) is 1.46. The fourth-order valence-corrected chi connectivity index (χ4v) is 3.65. The van der Waals surface area contributed by atoms with Gasteiger partial charge in [-0.25, -0.2) is 0 Å². The molecule has 1 heteroatoms. The molecule has 80 valence electrons. The summed E-state index contributed by atoms with van der Waals surface area (Å²) in [5, 5.41) is 5.90. The Kier molecular flexibility index (Phi) is 2.26. The van der Waals surface area contributed by atoms with Crippen LogP contribution in [-0.4, -0.2) is 0 Å². The topological polar surface area (TPSA) is 0 Å². The molecule has 0 saturated carbocycles. The molecule has 0 N–H and O–H groups in total. The van der Waals surface area contributed by atoms with Gasteiger partial charge in [-0.3, -0.25) is 0 Å². The summed E-state index contributed by atoms with van der Waals surface area (Å²) in [7, 11) is 0.840. The predicted octanol–water partition coefficient (Wildman–Crippen LogP) is 5.15. The average Bonchev–Trinajstić information content (AvgIpc) is 2.66. The monoisotopic (exact) mass is 226 g/mol. The third-order valence-electron chi connectivity index (χ3n) is 3.20. The smallest absolute Gasteiger partial charge is 0.000320 e. The maximum Gasteiger partial charge on any atom is -0.000320 e. The van der Waals surface area contributed by atoms with Crippen molar-refractivity contribution in [3.05, 3.63) is 48.0 Å². The molecular weight excluding hydrogens is 211 g/mol. The van der Waals surface area contributed by atoms with Gasteiger partial charge < -0.3 is 0 Å². The standard InChI is InChI=1S/C15H15P/c1-10(2)11-7-8-13-12-5-3-4-6-14(12)16-15(13)9-11/h3-10,16H,1-2H3. The summed E-state index contributed by atoms with van der Waals surface area (Å²) >= 11 is 0. The summed E-state index contributed by atoms with van der Waals surface area (Å²) in [6.45, 7) is 4.51. The quantitative estimate of drug-likeness (QED) is 0.538.